The molecule has 0 atom stereocenters. The molecule has 23 heavy (non-hydrogen) atoms. The fourth-order valence-corrected chi connectivity index (χ4v) is 4.59. The summed E-state index contributed by atoms with van der Waals surface area (Å²) in [5.74, 6) is 1.51. The highest BCUT2D eigenvalue weighted by Crippen LogP contribution is 2.26. The minimum atomic E-state index is 0.116. The van der Waals surface area contributed by atoms with Crippen molar-refractivity contribution in [3.63, 3.8) is 0 Å². The van der Waals surface area contributed by atoms with Gasteiger partial charge in [0, 0.05) is 17.4 Å². The van der Waals surface area contributed by atoms with Gasteiger partial charge in [0.05, 0.1) is 5.75 Å². The Labute approximate surface area is 143 Å². The Hall–Kier alpha value is -1.29. The predicted molar refractivity (Wildman–Crippen MR) is 97.2 cm³/mol. The second-order valence-electron chi connectivity index (χ2n) is 6.59. The van der Waals surface area contributed by atoms with Crippen LogP contribution in [-0.4, -0.2) is 23.5 Å². The number of rotatable bonds is 6. The average molecular weight is 333 g/mol. The highest BCUT2D eigenvalue weighted by atomic mass is 32.2. The summed E-state index contributed by atoms with van der Waals surface area (Å²) in [6.07, 6.45) is 4.70. The molecular formula is C19H27NO2S. The molecule has 0 unspecified atom stereocenters. The number of thioether (sulfide) groups is 1. The van der Waals surface area contributed by atoms with Crippen molar-refractivity contribution in [3.8, 4) is 0 Å². The highest BCUT2D eigenvalue weighted by Gasteiger charge is 2.18. The smallest absolute Gasteiger partial charge is 0.230 e. The predicted octanol–water partition coefficient (Wildman–Crippen LogP) is 4.11. The van der Waals surface area contributed by atoms with E-state index in [2.05, 4.69) is 18.3 Å². The summed E-state index contributed by atoms with van der Waals surface area (Å²) in [5, 5.41) is 3.12. The van der Waals surface area contributed by atoms with Crippen LogP contribution in [0.1, 0.15) is 65.2 Å². The van der Waals surface area contributed by atoms with Crippen LogP contribution in [0.2, 0.25) is 0 Å². The lowest BCUT2D eigenvalue weighted by molar-refractivity contribution is -0.119. The van der Waals surface area contributed by atoms with Gasteiger partial charge in [0.25, 0.3) is 0 Å². The Balaban J connectivity index is 1.96. The molecule has 0 bridgehead atoms. The summed E-state index contributed by atoms with van der Waals surface area (Å²) in [6, 6.07) is 2.47. The van der Waals surface area contributed by atoms with Crippen molar-refractivity contribution in [3.05, 3.63) is 33.9 Å². The SMILES string of the molecule is CC(=O)c1c(C)cc(C)c(CSCC(=O)NC2CCCC2)c1C. The van der Waals surface area contributed by atoms with Gasteiger partial charge < -0.3 is 5.32 Å². The van der Waals surface area contributed by atoms with Crippen molar-refractivity contribution in [2.45, 2.75) is 65.2 Å². The number of Topliss-reactive ketones (excluding diaryl/α,β-unsaturated/α-hetero) is 1. The first kappa shape index (κ1) is 18.1. The number of ketones is 1. The number of hydrogen-bond donors (Lipinski definition) is 1. The summed E-state index contributed by atoms with van der Waals surface area (Å²) in [7, 11) is 0. The van der Waals surface area contributed by atoms with E-state index in [1.807, 2.05) is 13.8 Å². The van der Waals surface area contributed by atoms with Crippen molar-refractivity contribution in [1.82, 2.24) is 5.32 Å². The molecule has 4 heteroatoms. The van der Waals surface area contributed by atoms with Gasteiger partial charge in [-0.3, -0.25) is 9.59 Å². The average Bonchev–Trinajstić information content (AvgIpc) is 2.94. The van der Waals surface area contributed by atoms with E-state index >= 15 is 0 Å². The molecule has 0 saturated heterocycles. The third kappa shape index (κ3) is 4.60. The van der Waals surface area contributed by atoms with Crippen molar-refractivity contribution in [1.29, 1.82) is 0 Å². The standard InChI is InChI=1S/C19H27NO2S/c1-12-9-13(2)19(15(4)21)14(3)17(12)10-23-11-18(22)20-16-7-5-6-8-16/h9,16H,5-8,10-11H2,1-4H3,(H,20,22). The molecule has 0 aliphatic heterocycles. The molecule has 1 N–H and O–H groups in total. The molecule has 1 saturated carbocycles. The second kappa shape index (κ2) is 8.00. The number of hydrogen-bond acceptors (Lipinski definition) is 3. The third-order valence-corrected chi connectivity index (χ3v) is 5.64. The molecule has 1 aliphatic carbocycles. The molecule has 1 amide bonds. The van der Waals surface area contributed by atoms with Gasteiger partial charge in [-0.2, -0.15) is 0 Å². The number of carbonyl (C=O) groups is 2. The lowest BCUT2D eigenvalue weighted by atomic mass is 9.92. The van der Waals surface area contributed by atoms with E-state index in [4.69, 9.17) is 0 Å². The second-order valence-corrected chi connectivity index (χ2v) is 7.57. The van der Waals surface area contributed by atoms with Crippen LogP contribution in [0.15, 0.2) is 6.07 Å². The molecule has 126 valence electrons. The van der Waals surface area contributed by atoms with Gasteiger partial charge in [-0.15, -0.1) is 11.8 Å². The van der Waals surface area contributed by atoms with E-state index in [1.54, 1.807) is 18.7 Å². The third-order valence-electron chi connectivity index (χ3n) is 4.68. The van der Waals surface area contributed by atoms with Gasteiger partial charge in [0.15, 0.2) is 5.78 Å². The maximum Gasteiger partial charge on any atom is 0.230 e. The number of amides is 1. The van der Waals surface area contributed by atoms with Gasteiger partial charge in [-0.25, -0.2) is 0 Å². The maximum atomic E-state index is 12.0. The molecule has 0 heterocycles. The van der Waals surface area contributed by atoms with Gasteiger partial charge in [0.2, 0.25) is 5.91 Å². The van der Waals surface area contributed by atoms with Crippen LogP contribution in [0, 0.1) is 20.8 Å². The van der Waals surface area contributed by atoms with Crippen LogP contribution < -0.4 is 5.32 Å². The zero-order chi connectivity index (χ0) is 17.0. The van der Waals surface area contributed by atoms with Gasteiger partial charge in [0.1, 0.15) is 0 Å². The lowest BCUT2D eigenvalue weighted by Crippen LogP contribution is -2.33. The molecule has 0 spiro atoms. The number of carbonyl (C=O) groups excluding carboxylic acids is 2. The minimum absolute atomic E-state index is 0.116. The quantitative estimate of drug-likeness (QED) is 0.797. The van der Waals surface area contributed by atoms with E-state index in [-0.39, 0.29) is 11.7 Å². The van der Waals surface area contributed by atoms with Crippen molar-refractivity contribution < 1.29 is 9.59 Å². The van der Waals surface area contributed by atoms with Gasteiger partial charge in [-0.1, -0.05) is 18.9 Å². The summed E-state index contributed by atoms with van der Waals surface area (Å²) < 4.78 is 0. The van der Waals surface area contributed by atoms with E-state index < -0.39 is 0 Å². The van der Waals surface area contributed by atoms with Crippen LogP contribution in [-0.2, 0) is 10.5 Å². The summed E-state index contributed by atoms with van der Waals surface area (Å²) in [4.78, 5) is 23.9. The highest BCUT2D eigenvalue weighted by molar-refractivity contribution is 7.99. The lowest BCUT2D eigenvalue weighted by Gasteiger charge is -2.16. The Morgan fingerprint density at radius 2 is 1.83 bits per heavy atom. The van der Waals surface area contributed by atoms with Crippen LogP contribution in [0.25, 0.3) is 0 Å². The first-order valence-electron chi connectivity index (χ1n) is 8.38. The van der Waals surface area contributed by atoms with Gasteiger partial charge >= 0.3 is 0 Å². The Morgan fingerprint density at radius 1 is 1.17 bits per heavy atom. The van der Waals surface area contributed by atoms with Crippen molar-refractivity contribution in [2.75, 3.05) is 5.75 Å². The van der Waals surface area contributed by atoms with Crippen LogP contribution >= 0.6 is 11.8 Å². The molecule has 2 rings (SSSR count). The molecule has 0 aromatic heterocycles. The molecule has 1 fully saturated rings. The van der Waals surface area contributed by atoms with Crippen LogP contribution in [0.5, 0.6) is 0 Å². The zero-order valence-corrected chi connectivity index (χ0v) is 15.4. The first-order valence-corrected chi connectivity index (χ1v) is 9.53. The molecular weight excluding hydrogens is 306 g/mol. The normalized spacial score (nSPS) is 15.0. The summed E-state index contributed by atoms with van der Waals surface area (Å²) in [6.45, 7) is 7.71. The minimum Gasteiger partial charge on any atom is -0.353 e. The summed E-state index contributed by atoms with van der Waals surface area (Å²) >= 11 is 1.63. The van der Waals surface area contributed by atoms with Gasteiger partial charge in [-0.05, 0) is 62.8 Å². The molecule has 1 aliphatic rings. The van der Waals surface area contributed by atoms with E-state index in [9.17, 15) is 9.59 Å². The molecule has 1 aromatic rings. The topological polar surface area (TPSA) is 46.2 Å². The van der Waals surface area contributed by atoms with Crippen LogP contribution in [0.3, 0.4) is 0 Å². The number of aryl methyl sites for hydroxylation is 2. The van der Waals surface area contributed by atoms with E-state index in [0.29, 0.717) is 11.8 Å². The Kier molecular flexibility index (Phi) is 6.28. The molecule has 1 aromatic carbocycles. The van der Waals surface area contributed by atoms with E-state index in [1.165, 1.54) is 24.0 Å². The van der Waals surface area contributed by atoms with E-state index in [0.717, 1.165) is 35.3 Å². The number of benzene rings is 1. The number of nitrogens with one attached hydrogen (secondary N) is 1. The fraction of sp³-hybridized carbons (Fsp3) is 0.579. The van der Waals surface area contributed by atoms with Crippen molar-refractivity contribution in [2.24, 2.45) is 0 Å². The van der Waals surface area contributed by atoms with Crippen molar-refractivity contribution >= 4 is 23.5 Å². The molecule has 0 radical (unpaired) electrons. The monoisotopic (exact) mass is 333 g/mol. The Morgan fingerprint density at radius 3 is 2.43 bits per heavy atom. The maximum absolute atomic E-state index is 12.0. The fourth-order valence-electron chi connectivity index (χ4n) is 3.58. The van der Waals surface area contributed by atoms with Crippen LogP contribution in [0.4, 0.5) is 0 Å². The molecule has 3 nitrogen and oxygen atoms in total. The largest absolute Gasteiger partial charge is 0.353 e. The Bertz CT molecular complexity index is 604. The summed E-state index contributed by atoms with van der Waals surface area (Å²) in [5.41, 5.74) is 5.34. The zero-order valence-electron chi connectivity index (χ0n) is 14.6. The first-order chi connectivity index (χ1) is 10.9.